The third-order valence-electron chi connectivity index (χ3n) is 16.7. The van der Waals surface area contributed by atoms with E-state index < -0.39 is 0 Å². The normalized spacial score (nSPS) is 34.7. The lowest BCUT2D eigenvalue weighted by Crippen LogP contribution is -2.58. The van der Waals surface area contributed by atoms with Crippen LogP contribution in [0, 0.1) is 56.7 Å². The SMILES string of the molecule is C=C(CCC(C)C1CCC2(C)C3CCC4C(C)(C)C(OC(=O)/C=C/c5ccc(OCC)c(CO)c5)CCC45CC35CCC12C)C(C)C.Nc1cccc(N)c1. The fourth-order valence-corrected chi connectivity index (χ4v) is 13.4. The Morgan fingerprint density at radius 3 is 2.24 bits per heavy atom. The van der Waals surface area contributed by atoms with Crippen molar-refractivity contribution in [3.05, 3.63) is 71.8 Å². The minimum atomic E-state index is -0.262. The maximum absolute atomic E-state index is 13.2. The van der Waals surface area contributed by atoms with Crippen LogP contribution in [-0.4, -0.2) is 23.8 Å². The molecule has 7 rings (SSSR count). The molecule has 5 aliphatic rings. The van der Waals surface area contributed by atoms with Crippen molar-refractivity contribution in [2.45, 2.75) is 139 Å². The maximum atomic E-state index is 13.2. The molecule has 0 saturated heterocycles. The summed E-state index contributed by atoms with van der Waals surface area (Å²) in [5.74, 6) is 4.06. The first kappa shape index (κ1) is 41.4. The van der Waals surface area contributed by atoms with Crippen LogP contribution in [0.3, 0.4) is 0 Å². The van der Waals surface area contributed by atoms with Gasteiger partial charge in [0.1, 0.15) is 11.9 Å². The summed E-state index contributed by atoms with van der Waals surface area (Å²) < 4.78 is 11.9. The molecular weight excluding hydrogens is 681 g/mol. The molecule has 9 atom stereocenters. The van der Waals surface area contributed by atoms with Crippen LogP contribution in [0.5, 0.6) is 5.75 Å². The molecule has 2 spiro atoms. The number of hydrogen-bond acceptors (Lipinski definition) is 6. The van der Waals surface area contributed by atoms with E-state index in [1.54, 1.807) is 30.4 Å². The van der Waals surface area contributed by atoms with Gasteiger partial charge in [0.15, 0.2) is 0 Å². The second-order valence-electron chi connectivity index (χ2n) is 19.7. The van der Waals surface area contributed by atoms with Crippen LogP contribution in [0.15, 0.2) is 60.7 Å². The summed E-state index contributed by atoms with van der Waals surface area (Å²) in [6, 6.07) is 12.8. The van der Waals surface area contributed by atoms with E-state index in [0.29, 0.717) is 57.2 Å². The van der Waals surface area contributed by atoms with Gasteiger partial charge in [-0.2, -0.15) is 0 Å². The van der Waals surface area contributed by atoms with Crippen LogP contribution in [0.25, 0.3) is 6.08 Å². The summed E-state index contributed by atoms with van der Waals surface area (Å²) in [6.45, 7) is 24.1. The summed E-state index contributed by atoms with van der Waals surface area (Å²) in [5.41, 5.74) is 17.0. The quantitative estimate of drug-likeness (QED) is 0.0913. The molecule has 5 N–H and O–H groups in total. The highest BCUT2D eigenvalue weighted by molar-refractivity contribution is 5.87. The van der Waals surface area contributed by atoms with Crippen molar-refractivity contribution in [2.24, 2.45) is 56.7 Å². The molecule has 0 aromatic heterocycles. The number of allylic oxidation sites excluding steroid dienone is 1. The molecule has 0 aliphatic heterocycles. The summed E-state index contributed by atoms with van der Waals surface area (Å²) in [7, 11) is 0. The fourth-order valence-electron chi connectivity index (χ4n) is 13.4. The van der Waals surface area contributed by atoms with Gasteiger partial charge in [0.05, 0.1) is 13.2 Å². The highest BCUT2D eigenvalue weighted by Gasteiger charge is 2.82. The topological polar surface area (TPSA) is 108 Å². The van der Waals surface area contributed by atoms with Gasteiger partial charge in [-0.3, -0.25) is 0 Å². The first-order valence-electron chi connectivity index (χ1n) is 21.5. The minimum Gasteiger partial charge on any atom is -0.494 e. The molecule has 5 saturated carbocycles. The summed E-state index contributed by atoms with van der Waals surface area (Å²) in [6.07, 6.45) is 17.6. The third kappa shape index (κ3) is 7.28. The number of anilines is 2. The van der Waals surface area contributed by atoms with Gasteiger partial charge in [0.25, 0.3) is 0 Å². The van der Waals surface area contributed by atoms with Crippen LogP contribution in [-0.2, 0) is 16.1 Å². The maximum Gasteiger partial charge on any atom is 0.331 e. The van der Waals surface area contributed by atoms with Crippen LogP contribution in [0.4, 0.5) is 11.4 Å². The number of fused-ring (bicyclic) bond motifs is 2. The zero-order valence-electron chi connectivity index (χ0n) is 35.4. The number of carbonyl (C=O) groups is 1. The van der Waals surface area contributed by atoms with Crippen LogP contribution >= 0.6 is 0 Å². The van der Waals surface area contributed by atoms with E-state index in [4.69, 9.17) is 20.9 Å². The number of hydrogen-bond donors (Lipinski definition) is 3. The van der Waals surface area contributed by atoms with E-state index in [9.17, 15) is 9.90 Å². The third-order valence-corrected chi connectivity index (χ3v) is 16.7. The number of rotatable bonds is 11. The average Bonchev–Trinajstić information content (AvgIpc) is 3.72. The van der Waals surface area contributed by atoms with Crippen LogP contribution in [0.2, 0.25) is 0 Å². The van der Waals surface area contributed by atoms with E-state index in [1.165, 1.54) is 69.8 Å². The lowest BCUT2D eigenvalue weighted by molar-refractivity contribution is -0.179. The summed E-state index contributed by atoms with van der Waals surface area (Å²) in [5, 5.41) is 9.77. The van der Waals surface area contributed by atoms with Crippen molar-refractivity contribution < 1.29 is 19.4 Å². The monoisotopic (exact) mass is 753 g/mol. The highest BCUT2D eigenvalue weighted by Crippen LogP contribution is 2.89. The molecule has 6 heteroatoms. The molecule has 55 heavy (non-hydrogen) atoms. The summed E-state index contributed by atoms with van der Waals surface area (Å²) in [4.78, 5) is 13.2. The van der Waals surface area contributed by atoms with Crippen molar-refractivity contribution in [3.8, 4) is 5.75 Å². The Bertz CT molecular complexity index is 1730. The lowest BCUT2D eigenvalue weighted by atomic mass is 9.41. The molecule has 2 aromatic carbocycles. The zero-order chi connectivity index (χ0) is 40.0. The van der Waals surface area contributed by atoms with Gasteiger partial charge >= 0.3 is 5.97 Å². The molecule has 0 radical (unpaired) electrons. The van der Waals surface area contributed by atoms with E-state index in [2.05, 4.69) is 55.0 Å². The van der Waals surface area contributed by atoms with E-state index in [0.717, 1.165) is 35.3 Å². The predicted octanol–water partition coefficient (Wildman–Crippen LogP) is 11.4. The second kappa shape index (κ2) is 15.6. The number of carbonyl (C=O) groups excluding carboxylic acids is 1. The van der Waals surface area contributed by atoms with Gasteiger partial charge < -0.3 is 26.0 Å². The number of ether oxygens (including phenoxy) is 2. The van der Waals surface area contributed by atoms with Crippen molar-refractivity contribution in [1.82, 2.24) is 0 Å². The molecule has 9 unspecified atom stereocenters. The van der Waals surface area contributed by atoms with Crippen molar-refractivity contribution in [3.63, 3.8) is 0 Å². The van der Waals surface area contributed by atoms with Crippen LogP contribution in [0.1, 0.15) is 137 Å². The molecule has 6 nitrogen and oxygen atoms in total. The lowest BCUT2D eigenvalue weighted by Gasteiger charge is -2.63. The largest absolute Gasteiger partial charge is 0.494 e. The molecule has 2 aromatic rings. The zero-order valence-corrected chi connectivity index (χ0v) is 35.4. The first-order valence-corrected chi connectivity index (χ1v) is 21.5. The number of esters is 1. The number of nitrogen functional groups attached to an aromatic ring is 2. The van der Waals surface area contributed by atoms with Gasteiger partial charge in [0, 0.05) is 28.4 Å². The molecule has 302 valence electrons. The van der Waals surface area contributed by atoms with Gasteiger partial charge in [-0.15, -0.1) is 0 Å². The Hall–Kier alpha value is -3.25. The smallest absolute Gasteiger partial charge is 0.331 e. The molecule has 5 aliphatic carbocycles. The predicted molar refractivity (Wildman–Crippen MR) is 227 cm³/mol. The van der Waals surface area contributed by atoms with Gasteiger partial charge in [-0.25, -0.2) is 4.79 Å². The number of nitrogens with two attached hydrogens (primary N) is 2. The van der Waals surface area contributed by atoms with Crippen molar-refractivity contribution in [2.75, 3.05) is 18.1 Å². The standard InChI is InChI=1S/C43H64O4.C6H8N2/c1-10-46-34-15-13-31(25-32(34)26-44)14-18-38(45)47-37-20-22-42-27-43(42)24-23-40(8)33(30(5)12-11-29(4)28(2)3)19-21-41(40,9)36(43)17-16-35(42)39(37,6)7;7-5-2-1-3-6(8)4-5/h13-15,18,25,28,30,33,35-37,44H,4,10-12,16-17,19-24,26-27H2,1-3,5-9H3;1-4H,7-8H2/b18-14+;. The fraction of sp³-hybridized carbons (Fsp3) is 0.653. The highest BCUT2D eigenvalue weighted by atomic mass is 16.5. The number of benzene rings is 2. The van der Waals surface area contributed by atoms with E-state index in [-0.39, 0.29) is 24.1 Å². The Morgan fingerprint density at radius 2 is 1.60 bits per heavy atom. The first-order chi connectivity index (χ1) is 26.0. The Morgan fingerprint density at radius 1 is 0.909 bits per heavy atom. The molecule has 0 bridgehead atoms. The molecule has 0 heterocycles. The average molecular weight is 753 g/mol. The molecular formula is C49H72N2O4. The Labute approximate surface area is 332 Å². The molecule has 0 amide bonds. The van der Waals surface area contributed by atoms with Gasteiger partial charge in [-0.1, -0.05) is 72.8 Å². The second-order valence-corrected chi connectivity index (χ2v) is 19.7. The van der Waals surface area contributed by atoms with Crippen molar-refractivity contribution in [1.29, 1.82) is 0 Å². The van der Waals surface area contributed by atoms with E-state index >= 15 is 0 Å². The van der Waals surface area contributed by atoms with Gasteiger partial charge in [-0.05, 0) is 171 Å². The Balaban J connectivity index is 0.000000572. The van der Waals surface area contributed by atoms with Crippen LogP contribution < -0.4 is 16.2 Å². The number of aliphatic hydroxyl groups excluding tert-OH is 1. The molecule has 5 fully saturated rings. The number of aliphatic hydroxyl groups is 1. The minimum absolute atomic E-state index is 0.0351. The van der Waals surface area contributed by atoms with Gasteiger partial charge in [0.2, 0.25) is 0 Å². The Kier molecular flexibility index (Phi) is 11.7. The van der Waals surface area contributed by atoms with E-state index in [1.807, 2.05) is 31.2 Å². The van der Waals surface area contributed by atoms with Crippen molar-refractivity contribution >= 4 is 23.4 Å². The summed E-state index contributed by atoms with van der Waals surface area (Å²) >= 11 is 0.